The van der Waals surface area contributed by atoms with Crippen molar-refractivity contribution >= 4 is 17.5 Å². The fourth-order valence-corrected chi connectivity index (χ4v) is 2.98. The van der Waals surface area contributed by atoms with E-state index in [1.165, 1.54) is 7.11 Å². The molecule has 0 saturated carbocycles. The third-order valence-electron chi connectivity index (χ3n) is 3.53. The van der Waals surface area contributed by atoms with E-state index < -0.39 is 0 Å². The minimum Gasteiger partial charge on any atom is -0.493 e. The van der Waals surface area contributed by atoms with Crippen LogP contribution < -0.4 is 4.74 Å². The largest absolute Gasteiger partial charge is 0.493 e. The molecule has 0 aliphatic rings. The number of nitrogens with zero attached hydrogens (tertiary/aromatic N) is 5. The first kappa shape index (κ1) is 17.9. The molecule has 1 aromatic heterocycles. The molecule has 0 N–H and O–H groups in total. The molecule has 0 bridgehead atoms. The van der Waals surface area contributed by atoms with Gasteiger partial charge in [-0.2, -0.15) is 4.68 Å². The predicted octanol–water partition coefficient (Wildman–Crippen LogP) is 3.20. The zero-order chi connectivity index (χ0) is 18.2. The van der Waals surface area contributed by atoms with E-state index in [1.54, 1.807) is 16.4 Å². The Labute approximate surface area is 156 Å². The Balaban J connectivity index is 1.51. The van der Waals surface area contributed by atoms with E-state index in [1.807, 2.05) is 61.5 Å². The first-order valence-corrected chi connectivity index (χ1v) is 9.04. The minimum absolute atomic E-state index is 0.552. The van der Waals surface area contributed by atoms with E-state index in [0.29, 0.717) is 6.61 Å². The van der Waals surface area contributed by atoms with Gasteiger partial charge in [0.15, 0.2) is 0 Å². The average molecular weight is 369 g/mol. The van der Waals surface area contributed by atoms with Crippen LogP contribution in [0.3, 0.4) is 0 Å². The van der Waals surface area contributed by atoms with Crippen molar-refractivity contribution in [3.63, 3.8) is 0 Å². The Bertz CT molecular complexity index is 850. The van der Waals surface area contributed by atoms with Crippen LogP contribution in [0.5, 0.6) is 5.75 Å². The molecule has 0 unspecified atom stereocenters. The lowest BCUT2D eigenvalue weighted by molar-refractivity contribution is 0.213. The van der Waals surface area contributed by atoms with Gasteiger partial charge in [0.2, 0.25) is 5.16 Å². The minimum atomic E-state index is 0.552. The van der Waals surface area contributed by atoms with Gasteiger partial charge in [-0.3, -0.25) is 0 Å². The molecule has 0 amide bonds. The Morgan fingerprint density at radius 2 is 1.88 bits per heavy atom. The summed E-state index contributed by atoms with van der Waals surface area (Å²) >= 11 is 1.55. The highest BCUT2D eigenvalue weighted by Gasteiger charge is 2.08. The maximum Gasteiger partial charge on any atom is 0.214 e. The van der Waals surface area contributed by atoms with Crippen molar-refractivity contribution in [3.05, 3.63) is 60.2 Å². The summed E-state index contributed by atoms with van der Waals surface area (Å²) in [6.07, 6.45) is 0. The highest BCUT2D eigenvalue weighted by Crippen LogP contribution is 2.19. The Kier molecular flexibility index (Phi) is 6.21. The SMILES string of the molecule is CO/N=C(\C)c1ccc(OCCSc2nnnn2-c2ccccc2)cc1. The Hall–Kier alpha value is -2.87. The molecule has 0 atom stereocenters. The van der Waals surface area contributed by atoms with Gasteiger partial charge in [-0.1, -0.05) is 35.1 Å². The molecule has 0 saturated heterocycles. The van der Waals surface area contributed by atoms with Crippen molar-refractivity contribution in [1.29, 1.82) is 0 Å². The van der Waals surface area contributed by atoms with Gasteiger partial charge in [0, 0.05) is 5.75 Å². The highest BCUT2D eigenvalue weighted by molar-refractivity contribution is 7.99. The van der Waals surface area contributed by atoms with Crippen molar-refractivity contribution in [2.24, 2.45) is 5.16 Å². The van der Waals surface area contributed by atoms with E-state index in [0.717, 1.165) is 33.6 Å². The van der Waals surface area contributed by atoms with Gasteiger partial charge in [-0.25, -0.2) is 0 Å². The zero-order valence-corrected chi connectivity index (χ0v) is 15.4. The summed E-state index contributed by atoms with van der Waals surface area (Å²) in [4.78, 5) is 4.78. The normalized spacial score (nSPS) is 11.4. The van der Waals surface area contributed by atoms with Crippen molar-refractivity contribution in [1.82, 2.24) is 20.2 Å². The zero-order valence-electron chi connectivity index (χ0n) is 14.6. The molecule has 7 nitrogen and oxygen atoms in total. The van der Waals surface area contributed by atoms with Crippen LogP contribution in [-0.2, 0) is 4.84 Å². The van der Waals surface area contributed by atoms with Gasteiger partial charge in [0.05, 0.1) is 18.0 Å². The van der Waals surface area contributed by atoms with Gasteiger partial charge in [0.1, 0.15) is 12.9 Å². The van der Waals surface area contributed by atoms with E-state index in [4.69, 9.17) is 9.57 Å². The number of hydrogen-bond donors (Lipinski definition) is 0. The molecule has 26 heavy (non-hydrogen) atoms. The maximum atomic E-state index is 5.77. The lowest BCUT2D eigenvalue weighted by Crippen LogP contribution is -2.03. The van der Waals surface area contributed by atoms with Crippen LogP contribution in [0.2, 0.25) is 0 Å². The summed E-state index contributed by atoms with van der Waals surface area (Å²) in [5, 5.41) is 16.5. The summed E-state index contributed by atoms with van der Waals surface area (Å²) < 4.78 is 7.49. The highest BCUT2D eigenvalue weighted by atomic mass is 32.2. The second-order valence-corrected chi connectivity index (χ2v) is 6.35. The molecule has 0 fully saturated rings. The van der Waals surface area contributed by atoms with Crippen LogP contribution in [-0.4, -0.2) is 45.4 Å². The number of hydrogen-bond acceptors (Lipinski definition) is 7. The van der Waals surface area contributed by atoms with Crippen molar-refractivity contribution in [2.45, 2.75) is 12.1 Å². The standard InChI is InChI=1S/C18H19N5O2S/c1-14(20-24-2)15-8-10-17(11-9-15)25-12-13-26-18-19-21-22-23(18)16-6-4-3-5-7-16/h3-11H,12-13H2,1-2H3/b20-14+. The van der Waals surface area contributed by atoms with Gasteiger partial charge < -0.3 is 9.57 Å². The summed E-state index contributed by atoms with van der Waals surface area (Å²) in [5.41, 5.74) is 2.75. The molecular formula is C18H19N5O2S. The number of thioether (sulfide) groups is 1. The van der Waals surface area contributed by atoms with Gasteiger partial charge in [0.25, 0.3) is 0 Å². The van der Waals surface area contributed by atoms with Gasteiger partial charge in [-0.05, 0) is 59.3 Å². The summed E-state index contributed by atoms with van der Waals surface area (Å²) in [6.45, 7) is 2.45. The average Bonchev–Trinajstić information content (AvgIpc) is 3.15. The number of para-hydroxylation sites is 1. The molecule has 0 aliphatic heterocycles. The third kappa shape index (κ3) is 4.60. The van der Waals surface area contributed by atoms with Crippen molar-refractivity contribution in [2.75, 3.05) is 19.5 Å². The number of tetrazole rings is 1. The first-order chi connectivity index (χ1) is 12.8. The molecular weight excluding hydrogens is 350 g/mol. The van der Waals surface area contributed by atoms with Crippen LogP contribution in [0.25, 0.3) is 5.69 Å². The maximum absolute atomic E-state index is 5.77. The topological polar surface area (TPSA) is 74.4 Å². The molecule has 3 aromatic rings. The monoisotopic (exact) mass is 369 g/mol. The predicted molar refractivity (Wildman–Crippen MR) is 101 cm³/mol. The molecule has 1 heterocycles. The fraction of sp³-hybridized carbons (Fsp3) is 0.222. The Morgan fingerprint density at radius 3 is 2.62 bits per heavy atom. The molecule has 134 valence electrons. The fourth-order valence-electron chi connectivity index (χ4n) is 2.27. The molecule has 0 aliphatic carbocycles. The van der Waals surface area contributed by atoms with Crippen molar-refractivity contribution < 1.29 is 9.57 Å². The van der Waals surface area contributed by atoms with Crippen LogP contribution in [0.15, 0.2) is 64.9 Å². The van der Waals surface area contributed by atoms with Crippen LogP contribution >= 0.6 is 11.8 Å². The van der Waals surface area contributed by atoms with Gasteiger partial charge >= 0.3 is 0 Å². The number of oxime groups is 1. The summed E-state index contributed by atoms with van der Waals surface area (Å²) in [7, 11) is 1.53. The third-order valence-corrected chi connectivity index (χ3v) is 4.41. The molecule has 2 aromatic carbocycles. The lowest BCUT2D eigenvalue weighted by Gasteiger charge is -2.07. The summed E-state index contributed by atoms with van der Waals surface area (Å²) in [6, 6.07) is 17.6. The second kappa shape index (κ2) is 9.00. The van der Waals surface area contributed by atoms with Crippen molar-refractivity contribution in [3.8, 4) is 11.4 Å². The van der Waals surface area contributed by atoms with Gasteiger partial charge in [-0.15, -0.1) is 5.10 Å². The number of ether oxygens (including phenoxy) is 1. The second-order valence-electron chi connectivity index (χ2n) is 5.29. The van der Waals surface area contributed by atoms with E-state index in [-0.39, 0.29) is 0 Å². The quantitative estimate of drug-likeness (QED) is 0.263. The Morgan fingerprint density at radius 1 is 1.12 bits per heavy atom. The van der Waals surface area contributed by atoms with E-state index in [2.05, 4.69) is 20.7 Å². The molecule has 3 rings (SSSR count). The smallest absolute Gasteiger partial charge is 0.214 e. The first-order valence-electron chi connectivity index (χ1n) is 8.05. The van der Waals surface area contributed by atoms with E-state index in [9.17, 15) is 0 Å². The van der Waals surface area contributed by atoms with Crippen LogP contribution in [0.1, 0.15) is 12.5 Å². The number of aromatic nitrogens is 4. The summed E-state index contributed by atoms with van der Waals surface area (Å²) in [5.74, 6) is 1.54. The van der Waals surface area contributed by atoms with E-state index >= 15 is 0 Å². The lowest BCUT2D eigenvalue weighted by atomic mass is 10.1. The van der Waals surface area contributed by atoms with Crippen LogP contribution in [0, 0.1) is 0 Å². The molecule has 8 heteroatoms. The molecule has 0 radical (unpaired) electrons. The number of benzene rings is 2. The van der Waals surface area contributed by atoms with Crippen LogP contribution in [0.4, 0.5) is 0 Å². The molecule has 0 spiro atoms. The number of rotatable bonds is 8.